The van der Waals surface area contributed by atoms with Gasteiger partial charge in [-0.3, -0.25) is 14.9 Å². The monoisotopic (exact) mass is 286 g/mol. The third kappa shape index (κ3) is 3.22. The fourth-order valence-corrected chi connectivity index (χ4v) is 1.88. The molecule has 0 spiro atoms. The molecule has 0 saturated carbocycles. The summed E-state index contributed by atoms with van der Waals surface area (Å²) in [6.07, 6.45) is 1.49. The number of nitrogens with zero attached hydrogens (tertiary/aromatic N) is 2. The number of nitro groups is 1. The number of hydrogen-bond acceptors (Lipinski definition) is 5. The van der Waals surface area contributed by atoms with Gasteiger partial charge >= 0.3 is 0 Å². The predicted molar refractivity (Wildman–Crippen MR) is 76.9 cm³/mol. The van der Waals surface area contributed by atoms with Crippen LogP contribution in [-0.4, -0.2) is 15.7 Å². The van der Waals surface area contributed by atoms with Gasteiger partial charge in [0.15, 0.2) is 5.78 Å². The van der Waals surface area contributed by atoms with E-state index < -0.39 is 4.92 Å². The molecule has 0 saturated heterocycles. The van der Waals surface area contributed by atoms with Crippen molar-refractivity contribution in [2.24, 2.45) is 0 Å². The van der Waals surface area contributed by atoms with E-state index in [4.69, 9.17) is 4.74 Å². The van der Waals surface area contributed by atoms with E-state index in [1.165, 1.54) is 19.2 Å². The van der Waals surface area contributed by atoms with Crippen LogP contribution in [0.5, 0.6) is 11.6 Å². The van der Waals surface area contributed by atoms with Crippen molar-refractivity contribution in [3.05, 3.63) is 57.3 Å². The molecule has 0 N–H and O–H groups in total. The van der Waals surface area contributed by atoms with E-state index in [1.54, 1.807) is 32.0 Å². The summed E-state index contributed by atoms with van der Waals surface area (Å²) in [5.41, 5.74) is 1.67. The molecule has 108 valence electrons. The van der Waals surface area contributed by atoms with Crippen LogP contribution < -0.4 is 4.74 Å². The SMILES string of the molecule is CC(=O)c1ccnc(Oc2cc(C)c([N+](=O)[O-])cc2C)c1. The fourth-order valence-electron chi connectivity index (χ4n) is 1.88. The maximum atomic E-state index is 11.3. The molecule has 0 radical (unpaired) electrons. The minimum absolute atomic E-state index is 0.0466. The minimum Gasteiger partial charge on any atom is -0.439 e. The highest BCUT2D eigenvalue weighted by Gasteiger charge is 2.15. The zero-order chi connectivity index (χ0) is 15.6. The lowest BCUT2D eigenvalue weighted by molar-refractivity contribution is -0.385. The van der Waals surface area contributed by atoms with Crippen molar-refractivity contribution >= 4 is 11.5 Å². The van der Waals surface area contributed by atoms with Crippen molar-refractivity contribution < 1.29 is 14.5 Å². The first-order valence-electron chi connectivity index (χ1n) is 6.29. The molecule has 6 heteroatoms. The van der Waals surface area contributed by atoms with Crippen LogP contribution in [0.15, 0.2) is 30.5 Å². The van der Waals surface area contributed by atoms with E-state index in [1.807, 2.05) is 0 Å². The number of nitro benzene ring substituents is 1. The highest BCUT2D eigenvalue weighted by Crippen LogP contribution is 2.30. The quantitative estimate of drug-likeness (QED) is 0.487. The highest BCUT2D eigenvalue weighted by molar-refractivity contribution is 5.94. The second-order valence-corrected chi connectivity index (χ2v) is 4.70. The molecular weight excluding hydrogens is 272 g/mol. The van der Waals surface area contributed by atoms with E-state index in [9.17, 15) is 14.9 Å². The number of rotatable bonds is 4. The van der Waals surface area contributed by atoms with E-state index in [0.717, 1.165) is 0 Å². The predicted octanol–water partition coefficient (Wildman–Crippen LogP) is 3.60. The van der Waals surface area contributed by atoms with Crippen LogP contribution in [0.4, 0.5) is 5.69 Å². The van der Waals surface area contributed by atoms with Crippen LogP contribution in [0.1, 0.15) is 28.4 Å². The Bertz CT molecular complexity index is 726. The zero-order valence-electron chi connectivity index (χ0n) is 11.9. The lowest BCUT2D eigenvalue weighted by Gasteiger charge is -2.09. The summed E-state index contributed by atoms with van der Waals surface area (Å²) in [4.78, 5) is 25.8. The average Bonchev–Trinajstić information content (AvgIpc) is 2.42. The molecular formula is C15H14N2O4. The van der Waals surface area contributed by atoms with Crippen LogP contribution in [0.2, 0.25) is 0 Å². The minimum atomic E-state index is -0.430. The second kappa shape index (κ2) is 5.70. The molecule has 0 aliphatic carbocycles. The molecule has 0 bridgehead atoms. The van der Waals surface area contributed by atoms with Crippen molar-refractivity contribution in [3.8, 4) is 11.6 Å². The first kappa shape index (κ1) is 14.6. The Morgan fingerprint density at radius 2 is 1.95 bits per heavy atom. The summed E-state index contributed by atoms with van der Waals surface area (Å²) in [6.45, 7) is 4.82. The molecule has 0 unspecified atom stereocenters. The second-order valence-electron chi connectivity index (χ2n) is 4.70. The standard InChI is InChI=1S/C15H14N2O4/c1-9-7-14(10(2)6-13(9)17(19)20)21-15-8-12(11(3)18)4-5-16-15/h4-8H,1-3H3. The van der Waals surface area contributed by atoms with E-state index in [2.05, 4.69) is 4.98 Å². The van der Waals surface area contributed by atoms with Gasteiger partial charge in [-0.1, -0.05) is 0 Å². The van der Waals surface area contributed by atoms with Gasteiger partial charge in [-0.15, -0.1) is 0 Å². The molecule has 2 rings (SSSR count). The number of benzene rings is 1. The summed E-state index contributed by atoms with van der Waals surface area (Å²) >= 11 is 0. The van der Waals surface area contributed by atoms with Crippen LogP contribution in [0.3, 0.4) is 0 Å². The summed E-state index contributed by atoms with van der Waals surface area (Å²) < 4.78 is 5.63. The van der Waals surface area contributed by atoms with E-state index >= 15 is 0 Å². The van der Waals surface area contributed by atoms with Crippen molar-refractivity contribution in [3.63, 3.8) is 0 Å². The van der Waals surface area contributed by atoms with E-state index in [-0.39, 0.29) is 17.4 Å². The maximum Gasteiger partial charge on any atom is 0.272 e. The van der Waals surface area contributed by atoms with Crippen molar-refractivity contribution in [2.75, 3.05) is 0 Å². The Hall–Kier alpha value is -2.76. The summed E-state index contributed by atoms with van der Waals surface area (Å²) in [6, 6.07) is 6.19. The van der Waals surface area contributed by atoms with Gasteiger partial charge < -0.3 is 4.74 Å². The van der Waals surface area contributed by atoms with Crippen molar-refractivity contribution in [1.29, 1.82) is 0 Å². The van der Waals surface area contributed by atoms with Crippen LogP contribution in [-0.2, 0) is 0 Å². The topological polar surface area (TPSA) is 82.3 Å². The molecule has 1 aromatic heterocycles. The van der Waals surface area contributed by atoms with Crippen LogP contribution in [0.25, 0.3) is 0 Å². The number of aromatic nitrogens is 1. The van der Waals surface area contributed by atoms with Gasteiger partial charge in [0, 0.05) is 29.5 Å². The number of Topliss-reactive ketones (excluding diaryl/α,β-unsaturated/α-hetero) is 1. The molecule has 6 nitrogen and oxygen atoms in total. The molecule has 0 fully saturated rings. The lowest BCUT2D eigenvalue weighted by Crippen LogP contribution is -1.98. The van der Waals surface area contributed by atoms with Gasteiger partial charge in [-0.05, 0) is 38.5 Å². The third-order valence-electron chi connectivity index (χ3n) is 3.05. The number of aryl methyl sites for hydroxylation is 2. The molecule has 2 aromatic rings. The number of hydrogen-bond donors (Lipinski definition) is 0. The Morgan fingerprint density at radius 1 is 1.24 bits per heavy atom. The number of ether oxygens (including phenoxy) is 1. The summed E-state index contributed by atoms with van der Waals surface area (Å²) in [7, 11) is 0. The van der Waals surface area contributed by atoms with E-state index in [0.29, 0.717) is 22.4 Å². The Labute approximate surface area is 121 Å². The largest absolute Gasteiger partial charge is 0.439 e. The van der Waals surface area contributed by atoms with Crippen LogP contribution >= 0.6 is 0 Å². The number of ketones is 1. The van der Waals surface area contributed by atoms with Gasteiger partial charge in [0.25, 0.3) is 5.69 Å². The first-order chi connectivity index (χ1) is 9.88. The average molecular weight is 286 g/mol. The van der Waals surface area contributed by atoms with Crippen molar-refractivity contribution in [1.82, 2.24) is 4.98 Å². The molecule has 0 aliphatic heterocycles. The fraction of sp³-hybridized carbons (Fsp3) is 0.200. The molecule has 1 aromatic carbocycles. The van der Waals surface area contributed by atoms with Crippen LogP contribution in [0, 0.1) is 24.0 Å². The molecule has 0 amide bonds. The number of pyridine rings is 1. The maximum absolute atomic E-state index is 11.3. The Morgan fingerprint density at radius 3 is 2.57 bits per heavy atom. The Balaban J connectivity index is 2.36. The normalized spacial score (nSPS) is 10.2. The number of carbonyl (C=O) groups is 1. The van der Waals surface area contributed by atoms with Gasteiger partial charge in [0.05, 0.1) is 4.92 Å². The lowest BCUT2D eigenvalue weighted by atomic mass is 10.1. The Kier molecular flexibility index (Phi) is 3.98. The smallest absolute Gasteiger partial charge is 0.272 e. The summed E-state index contributed by atoms with van der Waals surface area (Å²) in [5, 5.41) is 10.9. The number of carbonyl (C=O) groups excluding carboxylic acids is 1. The van der Waals surface area contributed by atoms with Gasteiger partial charge in [-0.25, -0.2) is 4.98 Å². The highest BCUT2D eigenvalue weighted by atomic mass is 16.6. The third-order valence-corrected chi connectivity index (χ3v) is 3.05. The van der Waals surface area contributed by atoms with Gasteiger partial charge in [0.1, 0.15) is 5.75 Å². The van der Waals surface area contributed by atoms with Gasteiger partial charge in [0.2, 0.25) is 5.88 Å². The molecule has 0 atom stereocenters. The molecule has 0 aliphatic rings. The van der Waals surface area contributed by atoms with Gasteiger partial charge in [-0.2, -0.15) is 0 Å². The van der Waals surface area contributed by atoms with Crippen molar-refractivity contribution in [2.45, 2.75) is 20.8 Å². The molecule has 21 heavy (non-hydrogen) atoms. The summed E-state index contributed by atoms with van der Waals surface area (Å²) in [5.74, 6) is 0.671. The first-order valence-corrected chi connectivity index (χ1v) is 6.29. The molecule has 1 heterocycles. The zero-order valence-corrected chi connectivity index (χ0v) is 11.9.